The normalized spacial score (nSPS) is 12.3. The summed E-state index contributed by atoms with van der Waals surface area (Å²) in [5.74, 6) is -0.897. The maximum Gasteiger partial charge on any atom is 0.306 e. The van der Waals surface area contributed by atoms with E-state index in [0.29, 0.717) is 19.3 Å². The Morgan fingerprint density at radius 2 is 0.655 bits per heavy atom. The van der Waals surface area contributed by atoms with Crippen molar-refractivity contribution >= 4 is 17.9 Å². The van der Waals surface area contributed by atoms with Gasteiger partial charge >= 0.3 is 17.9 Å². The number of carbonyl (C=O) groups excluding carboxylic acids is 3. The lowest BCUT2D eigenvalue weighted by Crippen LogP contribution is -2.30. The van der Waals surface area contributed by atoms with Crippen molar-refractivity contribution in [2.45, 2.75) is 245 Å². The van der Waals surface area contributed by atoms with Gasteiger partial charge in [-0.2, -0.15) is 0 Å². The van der Waals surface area contributed by atoms with Crippen LogP contribution in [-0.2, 0) is 28.6 Å². The Bertz CT molecular complexity index is 938. The summed E-state index contributed by atoms with van der Waals surface area (Å²) in [6.45, 7) is 6.52. The van der Waals surface area contributed by atoms with E-state index in [1.165, 1.54) is 122 Å². The number of allylic oxidation sites excluding steroid dienone is 6. The highest BCUT2D eigenvalue weighted by Crippen LogP contribution is 2.14. The molecule has 6 nitrogen and oxygen atoms in total. The van der Waals surface area contributed by atoms with Gasteiger partial charge < -0.3 is 14.2 Å². The maximum atomic E-state index is 12.7. The molecule has 0 rings (SSSR count). The molecule has 0 bridgehead atoms. The number of hydrogen-bond acceptors (Lipinski definition) is 6. The highest BCUT2D eigenvalue weighted by atomic mass is 16.6. The first-order chi connectivity index (χ1) is 27.0. The molecular formula is C49H88O6. The lowest BCUT2D eigenvalue weighted by Gasteiger charge is -2.18. The van der Waals surface area contributed by atoms with E-state index in [1.54, 1.807) is 0 Å². The number of esters is 3. The average Bonchev–Trinajstić information content (AvgIpc) is 3.18. The molecule has 0 aliphatic heterocycles. The van der Waals surface area contributed by atoms with E-state index in [4.69, 9.17) is 14.2 Å². The van der Waals surface area contributed by atoms with Crippen molar-refractivity contribution in [3.63, 3.8) is 0 Å². The quantitative estimate of drug-likeness (QED) is 0.0266. The second-order valence-electron chi connectivity index (χ2n) is 15.7. The van der Waals surface area contributed by atoms with Crippen LogP contribution in [0.5, 0.6) is 0 Å². The molecule has 1 atom stereocenters. The molecule has 0 aliphatic rings. The van der Waals surface area contributed by atoms with Gasteiger partial charge in [0.05, 0.1) is 0 Å². The second-order valence-corrected chi connectivity index (χ2v) is 15.7. The van der Waals surface area contributed by atoms with E-state index in [9.17, 15) is 14.4 Å². The Morgan fingerprint density at radius 1 is 0.364 bits per heavy atom. The van der Waals surface area contributed by atoms with E-state index in [-0.39, 0.29) is 31.1 Å². The van der Waals surface area contributed by atoms with Gasteiger partial charge in [-0.3, -0.25) is 14.4 Å². The number of hydrogen-bond donors (Lipinski definition) is 0. The number of carbonyl (C=O) groups is 3. The molecule has 0 aliphatic carbocycles. The number of ether oxygens (including phenoxy) is 3. The Kier molecular flexibility index (Phi) is 42.4. The van der Waals surface area contributed by atoms with Crippen LogP contribution in [0.4, 0.5) is 0 Å². The molecule has 0 fully saturated rings. The van der Waals surface area contributed by atoms with Crippen LogP contribution in [0.15, 0.2) is 36.5 Å². The molecule has 0 aromatic carbocycles. The van der Waals surface area contributed by atoms with E-state index in [1.807, 2.05) is 0 Å². The average molecular weight is 773 g/mol. The molecule has 0 radical (unpaired) electrons. The monoisotopic (exact) mass is 773 g/mol. The van der Waals surface area contributed by atoms with Gasteiger partial charge in [-0.1, -0.05) is 179 Å². The third-order valence-electron chi connectivity index (χ3n) is 10.1. The van der Waals surface area contributed by atoms with Crippen LogP contribution in [0.2, 0.25) is 0 Å². The van der Waals surface area contributed by atoms with Crippen LogP contribution < -0.4 is 0 Å². The molecule has 55 heavy (non-hydrogen) atoms. The first-order valence-electron chi connectivity index (χ1n) is 23.5. The van der Waals surface area contributed by atoms with Crippen molar-refractivity contribution < 1.29 is 28.6 Å². The largest absolute Gasteiger partial charge is 0.462 e. The molecule has 320 valence electrons. The van der Waals surface area contributed by atoms with Crippen molar-refractivity contribution in [2.24, 2.45) is 0 Å². The van der Waals surface area contributed by atoms with Gasteiger partial charge in [0.25, 0.3) is 0 Å². The van der Waals surface area contributed by atoms with Gasteiger partial charge in [-0.25, -0.2) is 0 Å². The molecule has 6 heteroatoms. The first kappa shape index (κ1) is 52.6. The minimum atomic E-state index is -0.771. The highest BCUT2D eigenvalue weighted by molar-refractivity contribution is 5.71. The predicted octanol–water partition coefficient (Wildman–Crippen LogP) is 15.0. The van der Waals surface area contributed by atoms with Crippen molar-refractivity contribution in [1.29, 1.82) is 0 Å². The van der Waals surface area contributed by atoms with Crippen LogP contribution in [-0.4, -0.2) is 37.2 Å². The lowest BCUT2D eigenvalue weighted by atomic mass is 10.1. The van der Waals surface area contributed by atoms with Crippen LogP contribution in [0.3, 0.4) is 0 Å². The molecule has 0 aromatic heterocycles. The van der Waals surface area contributed by atoms with Gasteiger partial charge in [0.15, 0.2) is 6.10 Å². The summed E-state index contributed by atoms with van der Waals surface area (Å²) in [4.78, 5) is 37.6. The first-order valence-corrected chi connectivity index (χ1v) is 23.5. The Hall–Kier alpha value is -2.37. The smallest absolute Gasteiger partial charge is 0.306 e. The van der Waals surface area contributed by atoms with Crippen LogP contribution in [0.25, 0.3) is 0 Å². The van der Waals surface area contributed by atoms with Crippen molar-refractivity contribution in [2.75, 3.05) is 13.2 Å². The fraction of sp³-hybridized carbons (Fsp3) is 0.816. The van der Waals surface area contributed by atoms with E-state index >= 15 is 0 Å². The summed E-state index contributed by atoms with van der Waals surface area (Å²) in [5.41, 5.74) is 0. The Labute approximate surface area is 340 Å². The molecular weight excluding hydrogens is 685 g/mol. The van der Waals surface area contributed by atoms with Gasteiger partial charge in [0.1, 0.15) is 13.2 Å². The molecule has 0 saturated carbocycles. The summed E-state index contributed by atoms with van der Waals surface area (Å²) in [6, 6.07) is 0. The molecule has 0 saturated heterocycles. The van der Waals surface area contributed by atoms with Crippen molar-refractivity contribution in [3.8, 4) is 0 Å². The van der Waals surface area contributed by atoms with E-state index in [0.717, 1.165) is 77.0 Å². The van der Waals surface area contributed by atoms with Crippen molar-refractivity contribution in [3.05, 3.63) is 36.5 Å². The zero-order valence-corrected chi connectivity index (χ0v) is 36.4. The van der Waals surface area contributed by atoms with E-state index in [2.05, 4.69) is 57.2 Å². The summed E-state index contributed by atoms with van der Waals surface area (Å²) in [6.07, 6.45) is 50.0. The second kappa shape index (κ2) is 44.3. The fourth-order valence-electron chi connectivity index (χ4n) is 6.52. The minimum absolute atomic E-state index is 0.0762. The highest BCUT2D eigenvalue weighted by Gasteiger charge is 2.19. The Morgan fingerprint density at radius 3 is 1.05 bits per heavy atom. The maximum absolute atomic E-state index is 12.7. The molecule has 0 amide bonds. The predicted molar refractivity (Wildman–Crippen MR) is 233 cm³/mol. The lowest BCUT2D eigenvalue weighted by molar-refractivity contribution is -0.167. The standard InChI is InChI=1S/C49H88O6/c1-4-7-10-13-16-18-20-22-23-24-25-26-27-28-30-31-33-36-39-42-48(51)54-45-46(44-53-47(50)41-38-35-15-12-9-6-3)55-49(52)43-40-37-34-32-29-21-19-17-14-11-8-5-2/h16-19,22-23,46H,4-15,20-21,24-45H2,1-3H3/b18-16-,19-17-,23-22-. The van der Waals surface area contributed by atoms with Crippen LogP contribution in [0, 0.1) is 0 Å². The van der Waals surface area contributed by atoms with Gasteiger partial charge in [-0.15, -0.1) is 0 Å². The van der Waals surface area contributed by atoms with Gasteiger partial charge in [-0.05, 0) is 77.0 Å². The molecule has 0 heterocycles. The van der Waals surface area contributed by atoms with Crippen LogP contribution in [0.1, 0.15) is 239 Å². The van der Waals surface area contributed by atoms with Gasteiger partial charge in [0.2, 0.25) is 0 Å². The third-order valence-corrected chi connectivity index (χ3v) is 10.1. The fourth-order valence-corrected chi connectivity index (χ4v) is 6.52. The molecule has 0 aromatic rings. The molecule has 0 spiro atoms. The number of unbranched alkanes of at least 4 members (excludes halogenated alkanes) is 25. The third kappa shape index (κ3) is 42.6. The summed E-state index contributed by atoms with van der Waals surface area (Å²) in [7, 11) is 0. The zero-order chi connectivity index (χ0) is 40.1. The molecule has 1 unspecified atom stereocenters. The summed E-state index contributed by atoms with van der Waals surface area (Å²) < 4.78 is 16.6. The summed E-state index contributed by atoms with van der Waals surface area (Å²) in [5, 5.41) is 0. The van der Waals surface area contributed by atoms with Gasteiger partial charge in [0, 0.05) is 19.3 Å². The number of rotatable bonds is 42. The molecule has 0 N–H and O–H groups in total. The zero-order valence-electron chi connectivity index (χ0n) is 36.4. The van der Waals surface area contributed by atoms with E-state index < -0.39 is 6.10 Å². The topological polar surface area (TPSA) is 78.9 Å². The van der Waals surface area contributed by atoms with Crippen molar-refractivity contribution in [1.82, 2.24) is 0 Å². The summed E-state index contributed by atoms with van der Waals surface area (Å²) >= 11 is 0. The minimum Gasteiger partial charge on any atom is -0.462 e. The van der Waals surface area contributed by atoms with Crippen LogP contribution >= 0.6 is 0 Å². The Balaban J connectivity index is 4.21. The SMILES string of the molecule is CCCCC/C=C\C/C=C\CCCCCCCCCCCC(=O)OCC(COC(=O)CCCCCCCC)OC(=O)CCCCCCC/C=C\CCCCC.